The van der Waals surface area contributed by atoms with E-state index in [9.17, 15) is 4.79 Å². The van der Waals surface area contributed by atoms with Crippen molar-refractivity contribution in [1.29, 1.82) is 0 Å². The zero-order chi connectivity index (χ0) is 10.8. The Morgan fingerprint density at radius 3 is 2.79 bits per heavy atom. The molecule has 0 bridgehead atoms. The lowest BCUT2D eigenvalue weighted by molar-refractivity contribution is -0.146. The van der Waals surface area contributed by atoms with Crippen molar-refractivity contribution in [2.75, 3.05) is 5.73 Å². The normalized spacial score (nSPS) is 11.3. The monoisotopic (exact) mass is 194 g/mol. The molecular formula is C10H14N2O2. The molecule has 14 heavy (non-hydrogen) atoms. The maximum Gasteiger partial charge on any atom is 0.309 e. The minimum absolute atomic E-state index is 0.420. The summed E-state index contributed by atoms with van der Waals surface area (Å²) in [6, 6.07) is 3.48. The number of carboxylic acid groups (broad SMARTS) is 1. The van der Waals surface area contributed by atoms with Crippen molar-refractivity contribution >= 4 is 11.8 Å². The van der Waals surface area contributed by atoms with Gasteiger partial charge in [-0.25, -0.2) is 4.98 Å². The quantitative estimate of drug-likeness (QED) is 0.760. The highest BCUT2D eigenvalue weighted by Crippen LogP contribution is 2.22. The lowest BCUT2D eigenvalue weighted by atomic mass is 9.86. The first kappa shape index (κ1) is 10.5. The van der Waals surface area contributed by atoms with Crippen molar-refractivity contribution in [1.82, 2.24) is 4.98 Å². The topological polar surface area (TPSA) is 76.2 Å². The Morgan fingerprint density at radius 2 is 2.29 bits per heavy atom. The fourth-order valence-corrected chi connectivity index (χ4v) is 1.19. The van der Waals surface area contributed by atoms with Gasteiger partial charge in [0.05, 0.1) is 5.41 Å². The number of anilines is 1. The predicted molar refractivity (Wildman–Crippen MR) is 53.8 cm³/mol. The molecule has 3 N–H and O–H groups in total. The van der Waals surface area contributed by atoms with Crippen LogP contribution in [0.3, 0.4) is 0 Å². The molecule has 0 aliphatic heterocycles. The largest absolute Gasteiger partial charge is 0.481 e. The molecule has 0 amide bonds. The van der Waals surface area contributed by atoms with Gasteiger partial charge in [0.15, 0.2) is 0 Å². The maximum atomic E-state index is 10.9. The van der Waals surface area contributed by atoms with Gasteiger partial charge >= 0.3 is 5.97 Å². The maximum absolute atomic E-state index is 10.9. The second-order valence-electron chi connectivity index (χ2n) is 3.95. The van der Waals surface area contributed by atoms with Gasteiger partial charge in [-0.05, 0) is 38.0 Å². The van der Waals surface area contributed by atoms with Crippen LogP contribution in [0.15, 0.2) is 18.3 Å². The Kier molecular flexibility index (Phi) is 2.74. The van der Waals surface area contributed by atoms with E-state index in [1.54, 1.807) is 32.2 Å². The third kappa shape index (κ3) is 2.45. The first-order chi connectivity index (χ1) is 6.42. The minimum Gasteiger partial charge on any atom is -0.481 e. The van der Waals surface area contributed by atoms with Crippen LogP contribution in [0.1, 0.15) is 19.4 Å². The number of nitrogen functional groups attached to an aromatic ring is 1. The number of carbonyl (C=O) groups is 1. The van der Waals surface area contributed by atoms with E-state index in [0.717, 1.165) is 5.56 Å². The standard InChI is InChI=1S/C10H14N2O2/c1-10(2,9(13)14)6-7-3-4-12-8(11)5-7/h3-5H,6H2,1-2H3,(H2,11,12)(H,13,14). The number of aromatic nitrogens is 1. The van der Waals surface area contributed by atoms with E-state index in [0.29, 0.717) is 12.2 Å². The fraction of sp³-hybridized carbons (Fsp3) is 0.400. The van der Waals surface area contributed by atoms with Gasteiger partial charge in [-0.15, -0.1) is 0 Å². The lowest BCUT2D eigenvalue weighted by Gasteiger charge is -2.18. The average Bonchev–Trinajstić information content (AvgIpc) is 2.02. The summed E-state index contributed by atoms with van der Waals surface area (Å²) in [6.07, 6.45) is 2.04. The fourth-order valence-electron chi connectivity index (χ4n) is 1.19. The van der Waals surface area contributed by atoms with Crippen molar-refractivity contribution in [2.45, 2.75) is 20.3 Å². The van der Waals surface area contributed by atoms with Crippen molar-refractivity contribution in [3.8, 4) is 0 Å². The molecule has 0 aromatic carbocycles. The number of pyridine rings is 1. The highest BCUT2D eigenvalue weighted by Gasteiger charge is 2.27. The Labute approximate surface area is 82.8 Å². The van der Waals surface area contributed by atoms with Gasteiger partial charge in [-0.3, -0.25) is 4.79 Å². The highest BCUT2D eigenvalue weighted by atomic mass is 16.4. The molecule has 0 aliphatic rings. The van der Waals surface area contributed by atoms with Crippen molar-refractivity contribution in [2.24, 2.45) is 5.41 Å². The molecule has 1 aromatic rings. The van der Waals surface area contributed by atoms with Crippen LogP contribution in [-0.2, 0) is 11.2 Å². The first-order valence-corrected chi connectivity index (χ1v) is 4.35. The Morgan fingerprint density at radius 1 is 1.64 bits per heavy atom. The van der Waals surface area contributed by atoms with Gasteiger partial charge in [0.1, 0.15) is 5.82 Å². The average molecular weight is 194 g/mol. The summed E-state index contributed by atoms with van der Waals surface area (Å²) in [5, 5.41) is 8.92. The Hall–Kier alpha value is -1.58. The van der Waals surface area contributed by atoms with E-state index in [1.165, 1.54) is 0 Å². The summed E-state index contributed by atoms with van der Waals surface area (Å²) in [4.78, 5) is 14.7. The number of aliphatic carboxylic acids is 1. The predicted octanol–water partition coefficient (Wildman–Crippen LogP) is 1.32. The van der Waals surface area contributed by atoms with Crippen LogP contribution in [0, 0.1) is 5.41 Å². The van der Waals surface area contributed by atoms with Crippen LogP contribution >= 0.6 is 0 Å². The summed E-state index contributed by atoms with van der Waals surface area (Å²) >= 11 is 0. The van der Waals surface area contributed by atoms with Crippen LogP contribution < -0.4 is 5.73 Å². The second-order valence-corrected chi connectivity index (χ2v) is 3.95. The molecule has 76 valence electrons. The summed E-state index contributed by atoms with van der Waals surface area (Å²) in [5.41, 5.74) is 5.62. The van der Waals surface area contributed by atoms with Crippen LogP contribution in [0.4, 0.5) is 5.82 Å². The van der Waals surface area contributed by atoms with Gasteiger partial charge in [0.25, 0.3) is 0 Å². The third-order valence-electron chi connectivity index (χ3n) is 2.07. The van der Waals surface area contributed by atoms with E-state index in [2.05, 4.69) is 4.98 Å². The summed E-state index contributed by atoms with van der Waals surface area (Å²) < 4.78 is 0. The first-order valence-electron chi connectivity index (χ1n) is 4.35. The zero-order valence-electron chi connectivity index (χ0n) is 8.32. The van der Waals surface area contributed by atoms with Gasteiger partial charge in [0.2, 0.25) is 0 Å². The van der Waals surface area contributed by atoms with Crippen molar-refractivity contribution < 1.29 is 9.90 Å². The molecule has 1 heterocycles. The molecule has 1 aromatic heterocycles. The zero-order valence-corrected chi connectivity index (χ0v) is 8.32. The number of nitrogens with two attached hydrogens (primary N) is 1. The van der Waals surface area contributed by atoms with E-state index in [-0.39, 0.29) is 0 Å². The molecule has 0 spiro atoms. The Bertz CT molecular complexity index is 348. The third-order valence-corrected chi connectivity index (χ3v) is 2.07. The smallest absolute Gasteiger partial charge is 0.309 e. The summed E-state index contributed by atoms with van der Waals surface area (Å²) in [5.74, 6) is -0.392. The molecule has 0 unspecified atom stereocenters. The molecule has 0 saturated heterocycles. The van der Waals surface area contributed by atoms with Crippen LogP contribution in [-0.4, -0.2) is 16.1 Å². The number of rotatable bonds is 3. The van der Waals surface area contributed by atoms with Crippen molar-refractivity contribution in [3.05, 3.63) is 23.9 Å². The molecular weight excluding hydrogens is 180 g/mol. The highest BCUT2D eigenvalue weighted by molar-refractivity contribution is 5.74. The van der Waals surface area contributed by atoms with Crippen LogP contribution in [0.25, 0.3) is 0 Å². The van der Waals surface area contributed by atoms with E-state index >= 15 is 0 Å². The number of hydrogen-bond acceptors (Lipinski definition) is 3. The molecule has 0 atom stereocenters. The van der Waals surface area contributed by atoms with Gasteiger partial charge in [-0.1, -0.05) is 0 Å². The SMILES string of the molecule is CC(C)(Cc1ccnc(N)c1)C(=O)O. The van der Waals surface area contributed by atoms with Crippen LogP contribution in [0.5, 0.6) is 0 Å². The van der Waals surface area contributed by atoms with Crippen molar-refractivity contribution in [3.63, 3.8) is 0 Å². The number of nitrogens with zero attached hydrogens (tertiary/aromatic N) is 1. The molecule has 1 rings (SSSR count). The molecule has 0 fully saturated rings. The molecule has 4 heteroatoms. The summed E-state index contributed by atoms with van der Waals surface area (Å²) in [7, 11) is 0. The van der Waals surface area contributed by atoms with E-state index in [4.69, 9.17) is 10.8 Å². The van der Waals surface area contributed by atoms with E-state index < -0.39 is 11.4 Å². The van der Waals surface area contributed by atoms with Gasteiger partial charge < -0.3 is 10.8 Å². The lowest BCUT2D eigenvalue weighted by Crippen LogP contribution is -2.26. The second kappa shape index (κ2) is 3.65. The molecule has 0 saturated carbocycles. The van der Waals surface area contributed by atoms with Gasteiger partial charge in [0, 0.05) is 6.20 Å². The summed E-state index contributed by atoms with van der Waals surface area (Å²) in [6.45, 7) is 3.37. The molecule has 0 aliphatic carbocycles. The van der Waals surface area contributed by atoms with Gasteiger partial charge in [-0.2, -0.15) is 0 Å². The van der Waals surface area contributed by atoms with Crippen LogP contribution in [0.2, 0.25) is 0 Å². The minimum atomic E-state index is -0.812. The molecule has 4 nitrogen and oxygen atoms in total. The number of carboxylic acids is 1. The van der Waals surface area contributed by atoms with E-state index in [1.807, 2.05) is 0 Å². The Balaban J connectivity index is 2.83. The molecule has 0 radical (unpaired) electrons. The number of hydrogen-bond donors (Lipinski definition) is 2.